The number of rotatable bonds is 31. The van der Waals surface area contributed by atoms with Crippen LogP contribution in [0.1, 0.15) is 214 Å². The molecular weight excluding hydrogens is 480 g/mol. The second-order valence-electron chi connectivity index (χ2n) is 13.9. The van der Waals surface area contributed by atoms with Gasteiger partial charge in [0.2, 0.25) is 0 Å². The van der Waals surface area contributed by atoms with Crippen LogP contribution in [0.5, 0.6) is 0 Å². The third-order valence-electron chi connectivity index (χ3n) is 8.26. The van der Waals surface area contributed by atoms with Crippen LogP contribution in [0.4, 0.5) is 0 Å². The summed E-state index contributed by atoms with van der Waals surface area (Å²) in [6.45, 7) is 9.36. The number of hydrogen-bond acceptors (Lipinski definition) is 0. The van der Waals surface area contributed by atoms with Gasteiger partial charge in [0.25, 0.3) is 0 Å². The normalized spacial score (nSPS) is 12.6. The Labute approximate surface area is 255 Å². The fourth-order valence-electron chi connectivity index (χ4n) is 5.48. The van der Waals surface area contributed by atoms with Crippen molar-refractivity contribution in [3.63, 3.8) is 0 Å². The van der Waals surface area contributed by atoms with Gasteiger partial charge in [0, 0.05) is 0 Å². The summed E-state index contributed by atoms with van der Waals surface area (Å²) in [5, 5.41) is 0. The van der Waals surface area contributed by atoms with Gasteiger partial charge in [-0.1, -0.05) is 167 Å². The topological polar surface area (TPSA) is 0 Å². The monoisotopic (exact) mass is 557 g/mol. The molecule has 0 aliphatic heterocycles. The molecule has 0 heterocycles. The van der Waals surface area contributed by atoms with E-state index >= 15 is 0 Å². The van der Waals surface area contributed by atoms with E-state index in [0.717, 1.165) is 0 Å². The van der Waals surface area contributed by atoms with Gasteiger partial charge >= 0.3 is 0 Å². The molecule has 236 valence electrons. The van der Waals surface area contributed by atoms with Crippen LogP contribution in [0.3, 0.4) is 0 Å². The maximum absolute atomic E-state index is 2.45. The third-order valence-corrected chi connectivity index (χ3v) is 8.26. The van der Waals surface area contributed by atoms with Gasteiger partial charge in [0.1, 0.15) is 0 Å². The SMILES string of the molecule is CCCCCCCCCCCCCCC/C=C/CCCCC/C=C/CCCCCC=CCCCCCC(C)(C)C. The second-order valence-corrected chi connectivity index (χ2v) is 13.9. The molecule has 0 aliphatic rings. The molecule has 0 atom stereocenters. The van der Waals surface area contributed by atoms with E-state index in [1.807, 2.05) is 0 Å². The van der Waals surface area contributed by atoms with E-state index in [1.165, 1.54) is 186 Å². The maximum Gasteiger partial charge on any atom is -0.0351 e. The Bertz CT molecular complexity index is 543. The molecule has 0 bridgehead atoms. The number of unbranched alkanes of at least 4 members (excludes halogenated alkanes) is 24. The van der Waals surface area contributed by atoms with Gasteiger partial charge in [0.05, 0.1) is 0 Å². The minimum atomic E-state index is 0.508. The first-order valence-corrected chi connectivity index (χ1v) is 18.5. The maximum atomic E-state index is 2.45. The van der Waals surface area contributed by atoms with Crippen LogP contribution in [-0.4, -0.2) is 0 Å². The highest BCUT2D eigenvalue weighted by molar-refractivity contribution is 4.84. The molecule has 0 amide bonds. The van der Waals surface area contributed by atoms with Crippen LogP contribution < -0.4 is 0 Å². The zero-order chi connectivity index (χ0) is 29.2. The molecule has 0 fully saturated rings. The lowest BCUT2D eigenvalue weighted by Gasteiger charge is -2.17. The summed E-state index contributed by atoms with van der Waals surface area (Å²) in [7, 11) is 0. The van der Waals surface area contributed by atoms with Crippen LogP contribution in [0.25, 0.3) is 0 Å². The second kappa shape index (κ2) is 32.7. The molecule has 0 saturated heterocycles. The van der Waals surface area contributed by atoms with Crippen LogP contribution in [0.15, 0.2) is 36.5 Å². The molecule has 0 aliphatic carbocycles. The quantitative estimate of drug-likeness (QED) is 0.0588. The molecule has 0 nitrogen and oxygen atoms in total. The highest BCUT2D eigenvalue weighted by atomic mass is 14.1. The minimum absolute atomic E-state index is 0.508. The minimum Gasteiger partial charge on any atom is -0.0885 e. The summed E-state index contributed by atoms with van der Waals surface area (Å²) < 4.78 is 0. The van der Waals surface area contributed by atoms with Crippen molar-refractivity contribution in [3.8, 4) is 0 Å². The van der Waals surface area contributed by atoms with Crippen molar-refractivity contribution in [2.45, 2.75) is 214 Å². The molecule has 0 spiro atoms. The molecule has 0 heteroatoms. The van der Waals surface area contributed by atoms with Crippen molar-refractivity contribution in [2.75, 3.05) is 0 Å². The summed E-state index contributed by atoms with van der Waals surface area (Å²) in [6, 6.07) is 0. The first-order chi connectivity index (χ1) is 19.6. The fourth-order valence-corrected chi connectivity index (χ4v) is 5.48. The van der Waals surface area contributed by atoms with E-state index in [-0.39, 0.29) is 0 Å². The summed E-state index contributed by atoms with van der Waals surface area (Å²) in [5.41, 5.74) is 0.508. The van der Waals surface area contributed by atoms with Crippen molar-refractivity contribution >= 4 is 0 Å². The highest BCUT2D eigenvalue weighted by Crippen LogP contribution is 2.22. The molecule has 0 N–H and O–H groups in total. The first kappa shape index (κ1) is 39.2. The van der Waals surface area contributed by atoms with E-state index in [4.69, 9.17) is 0 Å². The Balaban J connectivity index is 3.21. The van der Waals surface area contributed by atoms with Crippen molar-refractivity contribution in [2.24, 2.45) is 5.41 Å². The molecular formula is C40H76. The lowest BCUT2D eigenvalue weighted by molar-refractivity contribution is 0.358. The largest absolute Gasteiger partial charge is 0.0885 e. The van der Waals surface area contributed by atoms with Crippen molar-refractivity contribution in [1.82, 2.24) is 0 Å². The Kier molecular flexibility index (Phi) is 32.1. The summed E-state index contributed by atoms with van der Waals surface area (Å²) in [6.07, 6.45) is 54.9. The Morgan fingerprint density at radius 3 is 0.800 bits per heavy atom. The first-order valence-electron chi connectivity index (χ1n) is 18.5. The molecule has 0 aromatic heterocycles. The average molecular weight is 557 g/mol. The summed E-state index contributed by atoms with van der Waals surface area (Å²) >= 11 is 0. The Morgan fingerprint density at radius 2 is 0.525 bits per heavy atom. The van der Waals surface area contributed by atoms with E-state index in [0.29, 0.717) is 5.41 Å². The average Bonchev–Trinajstić information content (AvgIpc) is 2.92. The van der Waals surface area contributed by atoms with Gasteiger partial charge in [-0.05, 0) is 88.9 Å². The zero-order valence-electron chi connectivity index (χ0n) is 28.5. The van der Waals surface area contributed by atoms with Crippen molar-refractivity contribution in [3.05, 3.63) is 36.5 Å². The van der Waals surface area contributed by atoms with Gasteiger partial charge < -0.3 is 0 Å². The van der Waals surface area contributed by atoms with E-state index in [1.54, 1.807) is 0 Å². The summed E-state index contributed by atoms with van der Waals surface area (Å²) in [4.78, 5) is 0. The number of allylic oxidation sites excluding steroid dienone is 6. The molecule has 0 rings (SSSR count). The van der Waals surface area contributed by atoms with Gasteiger partial charge in [-0.15, -0.1) is 0 Å². The lowest BCUT2D eigenvalue weighted by Crippen LogP contribution is -2.03. The zero-order valence-corrected chi connectivity index (χ0v) is 28.5. The van der Waals surface area contributed by atoms with Crippen LogP contribution in [-0.2, 0) is 0 Å². The van der Waals surface area contributed by atoms with Gasteiger partial charge in [-0.25, -0.2) is 0 Å². The van der Waals surface area contributed by atoms with Gasteiger partial charge in [-0.3, -0.25) is 0 Å². The Morgan fingerprint density at radius 1 is 0.300 bits per heavy atom. The van der Waals surface area contributed by atoms with Crippen LogP contribution in [0, 0.1) is 5.41 Å². The van der Waals surface area contributed by atoms with Crippen LogP contribution in [0.2, 0.25) is 0 Å². The molecule has 0 radical (unpaired) electrons. The van der Waals surface area contributed by atoms with E-state index in [9.17, 15) is 0 Å². The molecule has 0 unspecified atom stereocenters. The molecule has 0 aromatic rings. The Hall–Kier alpha value is -0.780. The third kappa shape index (κ3) is 37.2. The smallest absolute Gasteiger partial charge is 0.0351 e. The highest BCUT2D eigenvalue weighted by Gasteiger charge is 2.08. The van der Waals surface area contributed by atoms with Crippen molar-refractivity contribution in [1.29, 1.82) is 0 Å². The molecule has 0 aromatic carbocycles. The number of hydrogen-bond donors (Lipinski definition) is 0. The van der Waals surface area contributed by atoms with Gasteiger partial charge in [0.15, 0.2) is 0 Å². The van der Waals surface area contributed by atoms with E-state index in [2.05, 4.69) is 64.2 Å². The fraction of sp³-hybridized carbons (Fsp3) is 0.850. The standard InChI is InChI=1S/C40H76/c1-5-6-7-8-9-10-11-12-13-14-15-16-17-18-19-20-21-22-23-24-25-26-27-28-29-30-31-32-33-34-35-36-37-38-39-40(2,3)4/h19-20,26-27,33-34H,5-18,21-25,28-32,35-39H2,1-4H3/b20-19+,27-26+,34-33?. The lowest BCUT2D eigenvalue weighted by atomic mass is 9.89. The van der Waals surface area contributed by atoms with Crippen molar-refractivity contribution < 1.29 is 0 Å². The molecule has 0 saturated carbocycles. The summed E-state index contributed by atoms with van der Waals surface area (Å²) in [5.74, 6) is 0. The predicted molar refractivity (Wildman–Crippen MR) is 186 cm³/mol. The molecule has 40 heavy (non-hydrogen) atoms. The van der Waals surface area contributed by atoms with E-state index < -0.39 is 0 Å². The van der Waals surface area contributed by atoms with Gasteiger partial charge in [-0.2, -0.15) is 0 Å². The predicted octanol–water partition coefficient (Wildman–Crippen LogP) is 15.0. The van der Waals surface area contributed by atoms with Crippen LogP contribution >= 0.6 is 0 Å².